The smallest absolute Gasteiger partial charge is 0.414 e. The summed E-state index contributed by atoms with van der Waals surface area (Å²) in [5.74, 6) is -2.82. The summed E-state index contributed by atoms with van der Waals surface area (Å²) in [7, 11) is 0. The predicted molar refractivity (Wildman–Crippen MR) is 102 cm³/mol. The minimum Gasteiger partial charge on any atom is -0.476 e. The van der Waals surface area contributed by atoms with Gasteiger partial charge in [0.2, 0.25) is 11.8 Å². The molecule has 0 spiro atoms. The van der Waals surface area contributed by atoms with E-state index in [1.54, 1.807) is 5.32 Å². The molecule has 172 valence electrons. The molecule has 1 amide bonds. The van der Waals surface area contributed by atoms with E-state index in [2.05, 4.69) is 9.97 Å². The second-order valence-corrected chi connectivity index (χ2v) is 7.74. The summed E-state index contributed by atoms with van der Waals surface area (Å²) in [6.45, 7) is -0.696. The van der Waals surface area contributed by atoms with Crippen molar-refractivity contribution < 1.29 is 36.2 Å². The SMILES string of the molecule is O=C(N[C@H](c1cccnc1)C(F)(F)F)Oc1ccc(N2CC(F)(F)C2)c(OCC2CC2)n1. The van der Waals surface area contributed by atoms with E-state index in [0.717, 1.165) is 19.0 Å². The maximum absolute atomic E-state index is 13.4. The van der Waals surface area contributed by atoms with E-state index in [1.807, 2.05) is 0 Å². The minimum atomic E-state index is -4.79. The van der Waals surface area contributed by atoms with Gasteiger partial charge in [-0.3, -0.25) is 4.98 Å². The van der Waals surface area contributed by atoms with Gasteiger partial charge in [-0.2, -0.15) is 18.2 Å². The second kappa shape index (κ2) is 8.40. The number of hydrogen-bond acceptors (Lipinski definition) is 6. The average Bonchev–Trinajstić information content (AvgIpc) is 3.53. The van der Waals surface area contributed by atoms with Crippen LogP contribution in [0.25, 0.3) is 0 Å². The Morgan fingerprint density at radius 1 is 1.25 bits per heavy atom. The van der Waals surface area contributed by atoms with E-state index in [0.29, 0.717) is 18.2 Å². The quantitative estimate of drug-likeness (QED) is 0.630. The first-order chi connectivity index (χ1) is 15.1. The molecule has 1 N–H and O–H groups in total. The molecule has 2 aromatic rings. The highest BCUT2D eigenvalue weighted by Crippen LogP contribution is 2.39. The summed E-state index contributed by atoms with van der Waals surface area (Å²) < 4.78 is 77.3. The van der Waals surface area contributed by atoms with Gasteiger partial charge in [-0.1, -0.05) is 6.07 Å². The fourth-order valence-electron chi connectivity index (χ4n) is 3.13. The molecule has 1 saturated carbocycles. The lowest BCUT2D eigenvalue weighted by Crippen LogP contribution is -2.56. The number of anilines is 1. The summed E-state index contributed by atoms with van der Waals surface area (Å²) in [6, 6.07) is 2.74. The Hall–Kier alpha value is -3.18. The summed E-state index contributed by atoms with van der Waals surface area (Å²) in [5.41, 5.74) is 0.0280. The highest BCUT2D eigenvalue weighted by molar-refractivity contribution is 5.71. The normalized spacial score (nSPS) is 18.5. The number of amides is 1. The third-order valence-corrected chi connectivity index (χ3v) is 4.96. The zero-order valence-corrected chi connectivity index (χ0v) is 16.6. The second-order valence-electron chi connectivity index (χ2n) is 7.74. The maximum atomic E-state index is 13.4. The monoisotopic (exact) mass is 458 g/mol. The molecule has 7 nitrogen and oxygen atoms in total. The maximum Gasteiger partial charge on any atom is 0.414 e. The van der Waals surface area contributed by atoms with E-state index in [1.165, 1.54) is 35.4 Å². The molecule has 0 unspecified atom stereocenters. The van der Waals surface area contributed by atoms with Crippen LogP contribution in [0.2, 0.25) is 0 Å². The van der Waals surface area contributed by atoms with Crippen LogP contribution in [-0.2, 0) is 0 Å². The van der Waals surface area contributed by atoms with Crippen molar-refractivity contribution in [1.29, 1.82) is 0 Å². The molecule has 2 aromatic heterocycles. The Morgan fingerprint density at radius 2 is 2.00 bits per heavy atom. The largest absolute Gasteiger partial charge is 0.476 e. The molecule has 1 aliphatic heterocycles. The van der Waals surface area contributed by atoms with E-state index >= 15 is 0 Å². The average molecular weight is 458 g/mol. The number of ether oxygens (including phenoxy) is 2. The number of aromatic nitrogens is 2. The zero-order chi connectivity index (χ0) is 22.9. The van der Waals surface area contributed by atoms with Crippen LogP contribution in [0, 0.1) is 5.92 Å². The van der Waals surface area contributed by atoms with Gasteiger partial charge >= 0.3 is 12.3 Å². The van der Waals surface area contributed by atoms with E-state index < -0.39 is 37.3 Å². The molecule has 2 fully saturated rings. The third kappa shape index (κ3) is 5.35. The molecule has 1 saturated heterocycles. The molecule has 2 aliphatic rings. The van der Waals surface area contributed by atoms with Crippen LogP contribution in [0.3, 0.4) is 0 Å². The number of rotatable bonds is 7. The number of halogens is 5. The highest BCUT2D eigenvalue weighted by atomic mass is 19.4. The van der Waals surface area contributed by atoms with Gasteiger partial charge in [-0.05, 0) is 30.9 Å². The summed E-state index contributed by atoms with van der Waals surface area (Å²) in [4.78, 5) is 21.2. The topological polar surface area (TPSA) is 76.6 Å². The molecule has 0 radical (unpaired) electrons. The van der Waals surface area contributed by atoms with Gasteiger partial charge < -0.3 is 19.7 Å². The van der Waals surface area contributed by atoms with Gasteiger partial charge in [-0.15, -0.1) is 0 Å². The Morgan fingerprint density at radius 3 is 2.59 bits per heavy atom. The Kier molecular flexibility index (Phi) is 5.78. The van der Waals surface area contributed by atoms with Crippen LogP contribution in [0.1, 0.15) is 24.4 Å². The van der Waals surface area contributed by atoms with Gasteiger partial charge in [0.25, 0.3) is 5.92 Å². The first-order valence-corrected chi connectivity index (χ1v) is 9.82. The summed E-state index contributed by atoms with van der Waals surface area (Å²) in [5, 5.41) is 1.76. The first-order valence-electron chi connectivity index (χ1n) is 9.82. The lowest BCUT2D eigenvalue weighted by atomic mass is 10.1. The van der Waals surface area contributed by atoms with Gasteiger partial charge in [0.05, 0.1) is 19.7 Å². The third-order valence-electron chi connectivity index (χ3n) is 4.96. The minimum absolute atomic E-state index is 0.0164. The molecule has 1 atom stereocenters. The van der Waals surface area contributed by atoms with Crippen molar-refractivity contribution in [1.82, 2.24) is 15.3 Å². The van der Waals surface area contributed by atoms with E-state index in [-0.39, 0.29) is 17.3 Å². The standard InChI is InChI=1S/C20H19F5N4O3/c21-19(22)10-29(11-19)14-5-6-15(27-17(14)31-9-12-3-4-12)32-18(30)28-16(20(23,24)25)13-2-1-7-26-8-13/h1-2,5-8,12,16H,3-4,9-11H2,(H,28,30)/t16-/m1/s1. The summed E-state index contributed by atoms with van der Waals surface area (Å²) in [6.07, 6.45) is -1.94. The lowest BCUT2D eigenvalue weighted by Gasteiger charge is -2.40. The molecule has 12 heteroatoms. The van der Waals surface area contributed by atoms with Crippen LogP contribution in [0.4, 0.5) is 32.4 Å². The fraction of sp³-hybridized carbons (Fsp3) is 0.450. The molecule has 4 rings (SSSR count). The first kappa shape index (κ1) is 22.0. The summed E-state index contributed by atoms with van der Waals surface area (Å²) >= 11 is 0. The number of alkyl halides is 5. The van der Waals surface area contributed by atoms with Crippen molar-refractivity contribution >= 4 is 11.8 Å². The van der Waals surface area contributed by atoms with Crippen LogP contribution in [-0.4, -0.2) is 47.9 Å². The van der Waals surface area contributed by atoms with Crippen molar-refractivity contribution in [2.75, 3.05) is 24.6 Å². The van der Waals surface area contributed by atoms with Gasteiger partial charge in [0.1, 0.15) is 5.69 Å². The predicted octanol–water partition coefficient (Wildman–Crippen LogP) is 4.11. The lowest BCUT2D eigenvalue weighted by molar-refractivity contribution is -0.155. The number of carbonyl (C=O) groups is 1. The van der Waals surface area contributed by atoms with Crippen LogP contribution in [0.15, 0.2) is 36.7 Å². The van der Waals surface area contributed by atoms with E-state index in [9.17, 15) is 26.7 Å². The zero-order valence-electron chi connectivity index (χ0n) is 16.6. The van der Waals surface area contributed by atoms with Crippen molar-refractivity contribution in [2.24, 2.45) is 5.92 Å². The van der Waals surface area contributed by atoms with Crippen LogP contribution < -0.4 is 19.7 Å². The number of nitrogens with zero attached hydrogens (tertiary/aromatic N) is 3. The molecular weight excluding hydrogens is 439 g/mol. The number of hydrogen-bond donors (Lipinski definition) is 1. The van der Waals surface area contributed by atoms with Crippen molar-refractivity contribution in [3.8, 4) is 11.8 Å². The van der Waals surface area contributed by atoms with E-state index in [4.69, 9.17) is 9.47 Å². The Labute approximate surface area is 179 Å². The van der Waals surface area contributed by atoms with Crippen LogP contribution in [0.5, 0.6) is 11.8 Å². The van der Waals surface area contributed by atoms with Gasteiger partial charge in [-0.25, -0.2) is 13.6 Å². The van der Waals surface area contributed by atoms with Crippen molar-refractivity contribution in [3.63, 3.8) is 0 Å². The molecule has 0 aromatic carbocycles. The van der Waals surface area contributed by atoms with Gasteiger partial charge in [0, 0.05) is 24.0 Å². The van der Waals surface area contributed by atoms with Crippen LogP contribution >= 0.6 is 0 Å². The molecular formula is C20H19F5N4O3. The molecule has 0 bridgehead atoms. The van der Waals surface area contributed by atoms with Crippen molar-refractivity contribution in [3.05, 3.63) is 42.2 Å². The molecule has 32 heavy (non-hydrogen) atoms. The number of nitrogens with one attached hydrogen (secondary N) is 1. The fourth-order valence-corrected chi connectivity index (χ4v) is 3.13. The molecule has 1 aliphatic carbocycles. The van der Waals surface area contributed by atoms with Gasteiger partial charge in [0.15, 0.2) is 6.04 Å². The number of carbonyl (C=O) groups excluding carboxylic acids is 1. The Balaban J connectivity index is 1.47. The Bertz CT molecular complexity index is 961. The highest BCUT2D eigenvalue weighted by Gasteiger charge is 2.45. The molecule has 3 heterocycles. The van der Waals surface area contributed by atoms with Crippen molar-refractivity contribution in [2.45, 2.75) is 31.0 Å². The number of pyridine rings is 2.